The molecule has 0 radical (unpaired) electrons. The zero-order valence-corrected chi connectivity index (χ0v) is 23.1. The number of alkyl halides is 3. The molecule has 4 heterocycles. The molecular formula is C25H23Cl2F4N7O4. The van der Waals surface area contributed by atoms with Gasteiger partial charge in [-0.3, -0.25) is 14.0 Å². The SMILES string of the molecule is O=C([O-])C(F)(F)F.O=C(c1cc(Cc2c[nH]c(=O)c3cc(Cl)c(Cl)n23)ccc1F)N1CCC[NH+](Cc2cn[nH]n2)CC1. The van der Waals surface area contributed by atoms with Gasteiger partial charge in [0.25, 0.3) is 11.5 Å². The Morgan fingerprint density at radius 3 is 2.55 bits per heavy atom. The maximum atomic E-state index is 14.8. The second-order valence-electron chi connectivity index (χ2n) is 9.42. The van der Waals surface area contributed by atoms with Crippen LogP contribution in [0.5, 0.6) is 0 Å². The van der Waals surface area contributed by atoms with E-state index in [4.69, 9.17) is 33.1 Å². The van der Waals surface area contributed by atoms with Gasteiger partial charge in [-0.05, 0) is 23.8 Å². The number of rotatable bonds is 5. The van der Waals surface area contributed by atoms with Gasteiger partial charge in [0, 0.05) is 31.3 Å². The quantitative estimate of drug-likeness (QED) is 0.281. The van der Waals surface area contributed by atoms with Crippen LogP contribution in [0.25, 0.3) is 5.52 Å². The highest BCUT2D eigenvalue weighted by molar-refractivity contribution is 6.42. The number of aliphatic carboxylic acids is 1. The number of fused-ring (bicyclic) bond motifs is 1. The van der Waals surface area contributed by atoms with Gasteiger partial charge in [0.15, 0.2) is 0 Å². The second-order valence-corrected chi connectivity index (χ2v) is 10.2. The highest BCUT2D eigenvalue weighted by Crippen LogP contribution is 2.27. The molecule has 1 saturated heterocycles. The predicted octanol–water partition coefficient (Wildman–Crippen LogP) is 1.01. The predicted molar refractivity (Wildman–Crippen MR) is 140 cm³/mol. The molecule has 3 N–H and O–H groups in total. The summed E-state index contributed by atoms with van der Waals surface area (Å²) in [4.78, 5) is 39.9. The van der Waals surface area contributed by atoms with Gasteiger partial charge in [0.2, 0.25) is 0 Å². The number of aromatic amines is 2. The lowest BCUT2D eigenvalue weighted by molar-refractivity contribution is -0.912. The summed E-state index contributed by atoms with van der Waals surface area (Å²) in [5.74, 6) is -3.91. The number of carbonyl (C=O) groups is 2. The van der Waals surface area contributed by atoms with Crippen molar-refractivity contribution >= 4 is 40.6 Å². The molecule has 0 saturated carbocycles. The standard InChI is InChI=1S/C23H22Cl2FN7O2.C2HF3O2/c24-18-10-20-22(34)27-12-16(33(20)21(18)25)8-14-2-3-19(26)17(9-14)23(35)32-5-1-4-31(6-7-32)13-15-11-28-30-29-15;3-2(4,5)1(6)7/h2-3,9-12H,1,4-8,13H2,(H,27,34)(H,28,29,30);(H,6,7). The van der Waals surface area contributed by atoms with Crippen molar-refractivity contribution < 1.29 is 37.2 Å². The van der Waals surface area contributed by atoms with Crippen LogP contribution in [0.2, 0.25) is 10.2 Å². The van der Waals surface area contributed by atoms with E-state index in [0.29, 0.717) is 36.3 Å². The van der Waals surface area contributed by atoms with Crippen molar-refractivity contribution in [3.63, 3.8) is 0 Å². The summed E-state index contributed by atoms with van der Waals surface area (Å²) >= 11 is 12.4. The van der Waals surface area contributed by atoms with Gasteiger partial charge in [-0.15, -0.1) is 0 Å². The molecule has 17 heteroatoms. The average Bonchev–Trinajstić information content (AvgIpc) is 3.48. The van der Waals surface area contributed by atoms with Gasteiger partial charge < -0.3 is 24.7 Å². The molecule has 1 aliphatic rings. The number of hydrogen-bond acceptors (Lipinski definition) is 6. The number of quaternary nitrogens is 1. The average molecular weight is 632 g/mol. The number of amides is 1. The molecule has 11 nitrogen and oxygen atoms in total. The number of nitrogens with zero attached hydrogens (tertiary/aromatic N) is 4. The Bertz CT molecular complexity index is 1640. The zero-order valence-electron chi connectivity index (χ0n) is 21.6. The van der Waals surface area contributed by atoms with Crippen LogP contribution < -0.4 is 15.6 Å². The zero-order chi connectivity index (χ0) is 30.6. The molecule has 4 aromatic rings. The lowest BCUT2D eigenvalue weighted by Crippen LogP contribution is -3.11. The third-order valence-electron chi connectivity index (χ3n) is 6.54. The number of hydrogen-bond donors (Lipinski definition) is 3. The van der Waals surface area contributed by atoms with Gasteiger partial charge in [0.1, 0.15) is 34.7 Å². The maximum Gasteiger partial charge on any atom is 0.430 e. The highest BCUT2D eigenvalue weighted by Gasteiger charge is 2.29. The number of halogens is 6. The Hall–Kier alpha value is -3.95. The second kappa shape index (κ2) is 12.9. The molecule has 0 spiro atoms. The first-order valence-corrected chi connectivity index (χ1v) is 13.2. The highest BCUT2D eigenvalue weighted by atomic mass is 35.5. The van der Waals surface area contributed by atoms with Crippen LogP contribution in [0.4, 0.5) is 17.6 Å². The number of nitrogens with one attached hydrogen (secondary N) is 3. The summed E-state index contributed by atoms with van der Waals surface area (Å²) in [6.45, 7) is 3.43. The van der Waals surface area contributed by atoms with E-state index in [2.05, 4.69) is 20.4 Å². The fraction of sp³-hybridized carbons (Fsp3) is 0.320. The van der Waals surface area contributed by atoms with Crippen molar-refractivity contribution in [2.75, 3.05) is 26.2 Å². The first-order valence-electron chi connectivity index (χ1n) is 12.5. The lowest BCUT2D eigenvalue weighted by Gasteiger charge is -2.20. The number of carboxylic acids is 1. The lowest BCUT2D eigenvalue weighted by atomic mass is 10.0. The van der Waals surface area contributed by atoms with E-state index in [1.807, 2.05) is 0 Å². The van der Waals surface area contributed by atoms with E-state index in [0.717, 1.165) is 31.7 Å². The van der Waals surface area contributed by atoms with Crippen LogP contribution in [0.1, 0.15) is 33.7 Å². The first kappa shape index (κ1) is 31.0. The molecule has 42 heavy (non-hydrogen) atoms. The Labute approximate surface area is 244 Å². The number of carboxylic acid groups (broad SMARTS) is 1. The monoisotopic (exact) mass is 631 g/mol. The molecule has 224 valence electrons. The Morgan fingerprint density at radius 2 is 1.88 bits per heavy atom. The van der Waals surface area contributed by atoms with Gasteiger partial charge >= 0.3 is 6.18 Å². The van der Waals surface area contributed by atoms with Gasteiger partial charge in [0.05, 0.1) is 36.4 Å². The minimum Gasteiger partial charge on any atom is -0.542 e. The molecule has 1 amide bonds. The fourth-order valence-electron chi connectivity index (χ4n) is 4.54. The molecule has 1 fully saturated rings. The van der Waals surface area contributed by atoms with E-state index in [9.17, 15) is 27.2 Å². The summed E-state index contributed by atoms with van der Waals surface area (Å²) in [7, 11) is 0. The van der Waals surface area contributed by atoms with Crippen molar-refractivity contribution in [3.05, 3.63) is 85.5 Å². The van der Waals surface area contributed by atoms with Crippen LogP contribution in [-0.4, -0.2) is 73.9 Å². The van der Waals surface area contributed by atoms with Gasteiger partial charge in [-0.2, -0.15) is 28.6 Å². The first-order chi connectivity index (χ1) is 19.8. The smallest absolute Gasteiger partial charge is 0.430 e. The van der Waals surface area contributed by atoms with Crippen LogP contribution in [0, 0.1) is 5.82 Å². The van der Waals surface area contributed by atoms with Crippen molar-refractivity contribution in [3.8, 4) is 0 Å². The van der Waals surface area contributed by atoms with Crippen molar-refractivity contribution in [1.29, 1.82) is 0 Å². The van der Waals surface area contributed by atoms with E-state index < -0.39 is 18.0 Å². The summed E-state index contributed by atoms with van der Waals surface area (Å²) in [5.41, 5.74) is 2.26. The summed E-state index contributed by atoms with van der Waals surface area (Å²) in [6, 6.07) is 5.99. The number of H-pyrrole nitrogens is 2. The number of benzene rings is 1. The van der Waals surface area contributed by atoms with Gasteiger partial charge in [-0.1, -0.05) is 29.3 Å². The molecule has 1 aromatic carbocycles. The molecule has 5 rings (SSSR count). The van der Waals surface area contributed by atoms with E-state index in [1.54, 1.807) is 33.8 Å². The Morgan fingerprint density at radius 1 is 1.14 bits per heavy atom. The Kier molecular flexibility index (Phi) is 9.53. The molecule has 1 unspecified atom stereocenters. The molecule has 1 aliphatic heterocycles. The third-order valence-corrected chi connectivity index (χ3v) is 7.30. The van der Waals surface area contributed by atoms with E-state index in [-0.39, 0.29) is 27.2 Å². The molecule has 0 aliphatic carbocycles. The largest absolute Gasteiger partial charge is 0.542 e. The van der Waals surface area contributed by atoms with Crippen LogP contribution in [0.15, 0.2) is 41.5 Å². The maximum absolute atomic E-state index is 14.8. The fourth-order valence-corrected chi connectivity index (χ4v) is 4.99. The minimum absolute atomic E-state index is 0.0276. The van der Waals surface area contributed by atoms with Crippen molar-refractivity contribution in [2.45, 2.75) is 25.6 Å². The normalized spacial score (nSPS) is 15.7. The topological polar surface area (TPSA) is 144 Å². The molecule has 3 aromatic heterocycles. The van der Waals surface area contributed by atoms with Crippen LogP contribution >= 0.6 is 23.2 Å². The third kappa shape index (κ3) is 7.27. The van der Waals surface area contributed by atoms with E-state index in [1.165, 1.54) is 17.0 Å². The minimum atomic E-state index is -5.19. The summed E-state index contributed by atoms with van der Waals surface area (Å²) < 4.78 is 47.9. The van der Waals surface area contributed by atoms with Crippen LogP contribution in [-0.2, 0) is 17.8 Å². The number of carbonyl (C=O) groups excluding carboxylic acids is 2. The Balaban J connectivity index is 0.000000517. The molecule has 0 bridgehead atoms. The van der Waals surface area contributed by atoms with Crippen LogP contribution in [0.3, 0.4) is 0 Å². The molecular weight excluding hydrogens is 609 g/mol. The van der Waals surface area contributed by atoms with Crippen molar-refractivity contribution in [2.24, 2.45) is 0 Å². The van der Waals surface area contributed by atoms with E-state index >= 15 is 0 Å². The summed E-state index contributed by atoms with van der Waals surface area (Å²) in [6.07, 6.45) is -0.827. The van der Waals surface area contributed by atoms with Gasteiger partial charge in [-0.25, -0.2) is 4.39 Å². The molecule has 1 atom stereocenters. The summed E-state index contributed by atoms with van der Waals surface area (Å²) in [5, 5.41) is 19.8. The number of aromatic nitrogens is 5. The van der Waals surface area contributed by atoms with Crippen molar-refractivity contribution in [1.82, 2.24) is 29.7 Å².